The molecule has 1 aliphatic heterocycles. The van der Waals surface area contributed by atoms with Crippen LogP contribution >= 0.6 is 0 Å². The van der Waals surface area contributed by atoms with Gasteiger partial charge in [0.25, 0.3) is 0 Å². The fourth-order valence-corrected chi connectivity index (χ4v) is 2.67. The van der Waals surface area contributed by atoms with Crippen LogP contribution in [0.15, 0.2) is 0 Å². The van der Waals surface area contributed by atoms with Gasteiger partial charge in [0.15, 0.2) is 0 Å². The predicted molar refractivity (Wildman–Crippen MR) is 65.0 cm³/mol. The SMILES string of the molecule is CCC1(CC)CCN(CCCCCO)C1. The highest BCUT2D eigenvalue weighted by molar-refractivity contribution is 4.87. The Morgan fingerprint density at radius 1 is 1.13 bits per heavy atom. The van der Waals surface area contributed by atoms with E-state index in [1.165, 1.54) is 51.7 Å². The van der Waals surface area contributed by atoms with E-state index in [1.54, 1.807) is 0 Å². The Balaban J connectivity index is 2.18. The number of hydrogen-bond donors (Lipinski definition) is 1. The van der Waals surface area contributed by atoms with Crippen LogP contribution in [0.3, 0.4) is 0 Å². The van der Waals surface area contributed by atoms with Crippen molar-refractivity contribution in [3.63, 3.8) is 0 Å². The van der Waals surface area contributed by atoms with Crippen LogP contribution in [-0.2, 0) is 0 Å². The summed E-state index contributed by atoms with van der Waals surface area (Å²) in [5, 5.41) is 8.70. The molecule has 0 atom stereocenters. The quantitative estimate of drug-likeness (QED) is 0.657. The predicted octanol–water partition coefficient (Wildman–Crippen LogP) is 2.66. The molecule has 0 aromatic heterocycles. The van der Waals surface area contributed by atoms with Gasteiger partial charge in [0, 0.05) is 13.2 Å². The zero-order valence-corrected chi connectivity index (χ0v) is 10.5. The average Bonchev–Trinajstić information content (AvgIpc) is 2.69. The van der Waals surface area contributed by atoms with E-state index in [4.69, 9.17) is 5.11 Å². The van der Waals surface area contributed by atoms with Crippen LogP contribution in [0.4, 0.5) is 0 Å². The lowest BCUT2D eigenvalue weighted by molar-refractivity contribution is 0.233. The summed E-state index contributed by atoms with van der Waals surface area (Å²) in [4.78, 5) is 2.62. The Morgan fingerprint density at radius 2 is 1.87 bits per heavy atom. The van der Waals surface area contributed by atoms with Crippen molar-refractivity contribution >= 4 is 0 Å². The van der Waals surface area contributed by atoms with Gasteiger partial charge in [0.1, 0.15) is 0 Å². The molecule has 0 radical (unpaired) electrons. The van der Waals surface area contributed by atoms with Gasteiger partial charge in [-0.05, 0) is 57.0 Å². The number of aliphatic hydroxyl groups excluding tert-OH is 1. The Morgan fingerprint density at radius 3 is 2.40 bits per heavy atom. The van der Waals surface area contributed by atoms with Gasteiger partial charge in [-0.2, -0.15) is 0 Å². The van der Waals surface area contributed by atoms with E-state index in [9.17, 15) is 0 Å². The maximum Gasteiger partial charge on any atom is 0.0431 e. The molecule has 1 heterocycles. The zero-order chi connectivity index (χ0) is 11.1. The van der Waals surface area contributed by atoms with Gasteiger partial charge < -0.3 is 10.0 Å². The molecule has 0 unspecified atom stereocenters. The zero-order valence-electron chi connectivity index (χ0n) is 10.5. The Bertz CT molecular complexity index is 166. The molecule has 15 heavy (non-hydrogen) atoms. The molecule has 0 aliphatic carbocycles. The Kier molecular flexibility index (Phi) is 5.62. The van der Waals surface area contributed by atoms with Gasteiger partial charge in [-0.3, -0.25) is 0 Å². The molecule has 1 saturated heterocycles. The summed E-state index contributed by atoms with van der Waals surface area (Å²) in [6.07, 6.45) is 7.45. The molecule has 1 rings (SSSR count). The molecule has 90 valence electrons. The lowest BCUT2D eigenvalue weighted by Crippen LogP contribution is -2.27. The second-order valence-corrected chi connectivity index (χ2v) is 5.02. The Labute approximate surface area is 94.7 Å². The number of likely N-dealkylation sites (tertiary alicyclic amines) is 1. The van der Waals surface area contributed by atoms with Crippen molar-refractivity contribution in [1.29, 1.82) is 0 Å². The van der Waals surface area contributed by atoms with Crippen LogP contribution in [0.2, 0.25) is 0 Å². The summed E-state index contributed by atoms with van der Waals surface area (Å²) >= 11 is 0. The first-order valence-electron chi connectivity index (χ1n) is 6.59. The fourth-order valence-electron chi connectivity index (χ4n) is 2.67. The monoisotopic (exact) mass is 213 g/mol. The van der Waals surface area contributed by atoms with Crippen LogP contribution < -0.4 is 0 Å². The van der Waals surface area contributed by atoms with Crippen molar-refractivity contribution < 1.29 is 5.11 Å². The van der Waals surface area contributed by atoms with E-state index in [0.29, 0.717) is 12.0 Å². The molecule has 2 heteroatoms. The second-order valence-electron chi connectivity index (χ2n) is 5.02. The van der Waals surface area contributed by atoms with Crippen LogP contribution in [0.1, 0.15) is 52.4 Å². The lowest BCUT2D eigenvalue weighted by Gasteiger charge is -2.26. The largest absolute Gasteiger partial charge is 0.396 e. The van der Waals surface area contributed by atoms with Crippen molar-refractivity contribution in [3.05, 3.63) is 0 Å². The van der Waals surface area contributed by atoms with E-state index in [0.717, 1.165) is 6.42 Å². The van der Waals surface area contributed by atoms with Crippen LogP contribution in [-0.4, -0.2) is 36.2 Å². The van der Waals surface area contributed by atoms with E-state index in [1.807, 2.05) is 0 Å². The highest BCUT2D eigenvalue weighted by atomic mass is 16.2. The molecule has 2 nitrogen and oxygen atoms in total. The first kappa shape index (κ1) is 13.0. The number of rotatable bonds is 7. The molecule has 0 bridgehead atoms. The van der Waals surface area contributed by atoms with Crippen molar-refractivity contribution in [2.45, 2.75) is 52.4 Å². The molecule has 0 amide bonds. The van der Waals surface area contributed by atoms with E-state index in [2.05, 4.69) is 18.7 Å². The maximum absolute atomic E-state index is 8.70. The maximum atomic E-state index is 8.70. The van der Waals surface area contributed by atoms with Crippen LogP contribution in [0, 0.1) is 5.41 Å². The van der Waals surface area contributed by atoms with Gasteiger partial charge in [-0.15, -0.1) is 0 Å². The normalized spacial score (nSPS) is 21.0. The van der Waals surface area contributed by atoms with Gasteiger partial charge >= 0.3 is 0 Å². The average molecular weight is 213 g/mol. The highest BCUT2D eigenvalue weighted by Gasteiger charge is 2.34. The third kappa shape index (κ3) is 3.76. The summed E-state index contributed by atoms with van der Waals surface area (Å²) in [5.74, 6) is 0. The fraction of sp³-hybridized carbons (Fsp3) is 1.00. The van der Waals surface area contributed by atoms with E-state index in [-0.39, 0.29) is 0 Å². The minimum Gasteiger partial charge on any atom is -0.396 e. The van der Waals surface area contributed by atoms with Gasteiger partial charge in [0.2, 0.25) is 0 Å². The molecule has 0 spiro atoms. The second kappa shape index (κ2) is 6.49. The topological polar surface area (TPSA) is 23.5 Å². The molecule has 1 N–H and O–H groups in total. The summed E-state index contributed by atoms with van der Waals surface area (Å²) in [5.41, 5.74) is 0.622. The van der Waals surface area contributed by atoms with Crippen LogP contribution in [0.5, 0.6) is 0 Å². The molecule has 0 saturated carbocycles. The van der Waals surface area contributed by atoms with Gasteiger partial charge in [0.05, 0.1) is 0 Å². The van der Waals surface area contributed by atoms with E-state index < -0.39 is 0 Å². The van der Waals surface area contributed by atoms with Crippen molar-refractivity contribution in [2.75, 3.05) is 26.2 Å². The van der Waals surface area contributed by atoms with Crippen molar-refractivity contribution in [2.24, 2.45) is 5.41 Å². The van der Waals surface area contributed by atoms with Crippen molar-refractivity contribution in [1.82, 2.24) is 4.90 Å². The van der Waals surface area contributed by atoms with Gasteiger partial charge in [-0.1, -0.05) is 13.8 Å². The lowest BCUT2D eigenvalue weighted by atomic mass is 9.82. The Hall–Kier alpha value is -0.0800. The minimum absolute atomic E-state index is 0.355. The summed E-state index contributed by atoms with van der Waals surface area (Å²) < 4.78 is 0. The first-order chi connectivity index (χ1) is 7.26. The number of unbranched alkanes of at least 4 members (excludes halogenated alkanes) is 2. The smallest absolute Gasteiger partial charge is 0.0431 e. The molecular formula is C13H27NO. The summed E-state index contributed by atoms with van der Waals surface area (Å²) in [6.45, 7) is 8.85. The minimum atomic E-state index is 0.355. The summed E-state index contributed by atoms with van der Waals surface area (Å²) in [6, 6.07) is 0. The molecule has 0 aromatic carbocycles. The first-order valence-corrected chi connectivity index (χ1v) is 6.59. The standard InChI is InChI=1S/C13H27NO/c1-3-13(4-2)8-10-14(12-13)9-6-5-7-11-15/h15H,3-12H2,1-2H3. The van der Waals surface area contributed by atoms with Crippen LogP contribution in [0.25, 0.3) is 0 Å². The molecular weight excluding hydrogens is 186 g/mol. The third-order valence-electron chi connectivity index (χ3n) is 4.15. The molecule has 1 aliphatic rings. The number of hydrogen-bond acceptors (Lipinski definition) is 2. The summed E-state index contributed by atoms with van der Waals surface area (Å²) in [7, 11) is 0. The molecule has 0 aromatic rings. The van der Waals surface area contributed by atoms with E-state index >= 15 is 0 Å². The number of nitrogens with zero attached hydrogens (tertiary/aromatic N) is 1. The number of aliphatic hydroxyl groups is 1. The highest BCUT2D eigenvalue weighted by Crippen LogP contribution is 2.36. The molecule has 1 fully saturated rings. The van der Waals surface area contributed by atoms with Crippen molar-refractivity contribution in [3.8, 4) is 0 Å². The third-order valence-corrected chi connectivity index (χ3v) is 4.15. The van der Waals surface area contributed by atoms with Gasteiger partial charge in [-0.25, -0.2) is 0 Å².